The Balaban J connectivity index is 2.47. The molecule has 4 nitrogen and oxygen atoms in total. The van der Waals surface area contributed by atoms with Gasteiger partial charge in [-0.15, -0.1) is 0 Å². The molecule has 0 saturated carbocycles. The number of esters is 1. The predicted molar refractivity (Wildman–Crippen MR) is 54.0 cm³/mol. The van der Waals surface area contributed by atoms with Gasteiger partial charge in [-0.05, 0) is 13.0 Å². The van der Waals surface area contributed by atoms with Crippen molar-refractivity contribution < 1.29 is 19.1 Å². The molecule has 1 aliphatic rings. The molecule has 0 aromatic carbocycles. The van der Waals surface area contributed by atoms with Gasteiger partial charge in [0.05, 0.1) is 6.61 Å². The Morgan fingerprint density at radius 1 is 1.60 bits per heavy atom. The highest BCUT2D eigenvalue weighted by molar-refractivity contribution is 6.07. The highest BCUT2D eigenvalue weighted by Crippen LogP contribution is 2.21. The fraction of sp³-hybridized carbons (Fsp3) is 0.455. The first-order chi connectivity index (χ1) is 7.13. The van der Waals surface area contributed by atoms with Gasteiger partial charge >= 0.3 is 5.97 Å². The van der Waals surface area contributed by atoms with Crippen LogP contribution >= 0.6 is 0 Å². The van der Waals surface area contributed by atoms with E-state index in [9.17, 15) is 9.59 Å². The van der Waals surface area contributed by atoms with E-state index in [2.05, 4.69) is 0 Å². The van der Waals surface area contributed by atoms with Crippen molar-refractivity contribution in [1.29, 1.82) is 0 Å². The molecule has 1 rings (SSSR count). The van der Waals surface area contributed by atoms with Gasteiger partial charge in [-0.25, -0.2) is 0 Å². The zero-order chi connectivity index (χ0) is 11.3. The first kappa shape index (κ1) is 11.5. The zero-order valence-corrected chi connectivity index (χ0v) is 8.91. The summed E-state index contributed by atoms with van der Waals surface area (Å²) in [7, 11) is 0. The number of ketones is 1. The van der Waals surface area contributed by atoms with E-state index in [1.165, 1.54) is 13.0 Å². The van der Waals surface area contributed by atoms with E-state index < -0.39 is 0 Å². The molecule has 0 spiro atoms. The summed E-state index contributed by atoms with van der Waals surface area (Å²) >= 11 is 0. The van der Waals surface area contributed by atoms with E-state index in [1.807, 2.05) is 6.92 Å². The maximum Gasteiger partial charge on any atom is 0.302 e. The summed E-state index contributed by atoms with van der Waals surface area (Å²) in [5.74, 6) is 0.262. The number of hydrogen-bond donors (Lipinski definition) is 0. The van der Waals surface area contributed by atoms with Gasteiger partial charge in [-0.2, -0.15) is 0 Å². The van der Waals surface area contributed by atoms with Gasteiger partial charge in [0, 0.05) is 25.0 Å². The highest BCUT2D eigenvalue weighted by atomic mass is 16.5. The molecule has 0 aromatic rings. The Hall–Kier alpha value is -1.58. The lowest BCUT2D eigenvalue weighted by molar-refractivity contribution is -0.139. The number of ether oxygens (including phenoxy) is 2. The van der Waals surface area contributed by atoms with Gasteiger partial charge in [0.2, 0.25) is 0 Å². The summed E-state index contributed by atoms with van der Waals surface area (Å²) in [6.07, 6.45) is 3.59. The molecule has 0 aliphatic heterocycles. The molecular formula is C11H14O4. The molecule has 15 heavy (non-hydrogen) atoms. The molecule has 0 N–H and O–H groups in total. The number of allylic oxidation sites excluding steroid dienone is 2. The first-order valence-electron chi connectivity index (χ1n) is 4.83. The number of hydrogen-bond acceptors (Lipinski definition) is 4. The minimum absolute atomic E-state index is 0.0643. The molecular weight excluding hydrogens is 196 g/mol. The van der Waals surface area contributed by atoms with Crippen molar-refractivity contribution >= 4 is 11.8 Å². The van der Waals surface area contributed by atoms with E-state index >= 15 is 0 Å². The third kappa shape index (κ3) is 3.58. The summed E-state index contributed by atoms with van der Waals surface area (Å²) in [6, 6.07) is 0. The van der Waals surface area contributed by atoms with Crippen LogP contribution in [0.4, 0.5) is 0 Å². The van der Waals surface area contributed by atoms with Gasteiger partial charge in [-0.3, -0.25) is 9.59 Å². The van der Waals surface area contributed by atoms with Gasteiger partial charge in [0.15, 0.2) is 5.78 Å². The molecule has 0 heterocycles. The Morgan fingerprint density at radius 3 is 2.93 bits per heavy atom. The van der Waals surface area contributed by atoms with E-state index in [-0.39, 0.29) is 18.4 Å². The number of rotatable bonds is 4. The van der Waals surface area contributed by atoms with Crippen LogP contribution in [0.15, 0.2) is 23.5 Å². The molecule has 0 bridgehead atoms. The zero-order valence-electron chi connectivity index (χ0n) is 8.91. The average molecular weight is 210 g/mol. The number of carbonyl (C=O) groups excluding carboxylic acids is 2. The predicted octanol–water partition coefficient (Wildman–Crippen LogP) is 1.37. The molecule has 1 aliphatic carbocycles. The Kier molecular flexibility index (Phi) is 4.09. The van der Waals surface area contributed by atoms with E-state index in [4.69, 9.17) is 9.47 Å². The maximum atomic E-state index is 11.4. The maximum absolute atomic E-state index is 11.4. The Labute approximate surface area is 88.6 Å². The third-order valence-electron chi connectivity index (χ3n) is 1.92. The van der Waals surface area contributed by atoms with Crippen molar-refractivity contribution in [3.05, 3.63) is 23.5 Å². The van der Waals surface area contributed by atoms with Crippen molar-refractivity contribution in [2.45, 2.75) is 20.3 Å². The standard InChI is InChI=1S/C11H14O4/c1-3-14-10-6-9(11(13)7-10)4-5-15-8(2)12/h4,7H,3,5-6H2,1-2H3/b9-4+. The van der Waals surface area contributed by atoms with Crippen LogP contribution in [0.1, 0.15) is 20.3 Å². The molecule has 82 valence electrons. The summed E-state index contributed by atoms with van der Waals surface area (Å²) < 4.78 is 9.94. The summed E-state index contributed by atoms with van der Waals surface area (Å²) in [6.45, 7) is 3.89. The third-order valence-corrected chi connectivity index (χ3v) is 1.92. The Morgan fingerprint density at radius 2 is 2.33 bits per heavy atom. The van der Waals surface area contributed by atoms with Gasteiger partial charge in [0.1, 0.15) is 12.4 Å². The quantitative estimate of drug-likeness (QED) is 0.519. The van der Waals surface area contributed by atoms with Crippen LogP contribution in [-0.2, 0) is 19.1 Å². The summed E-state index contributed by atoms with van der Waals surface area (Å²) in [5.41, 5.74) is 0.625. The fourth-order valence-corrected chi connectivity index (χ4v) is 1.28. The van der Waals surface area contributed by atoms with E-state index in [1.54, 1.807) is 6.08 Å². The van der Waals surface area contributed by atoms with Crippen LogP contribution in [0.3, 0.4) is 0 Å². The highest BCUT2D eigenvalue weighted by Gasteiger charge is 2.18. The van der Waals surface area contributed by atoms with Gasteiger partial charge in [0.25, 0.3) is 0 Å². The second kappa shape index (κ2) is 5.34. The second-order valence-corrected chi connectivity index (χ2v) is 3.12. The number of carbonyl (C=O) groups is 2. The van der Waals surface area contributed by atoms with Crippen LogP contribution in [-0.4, -0.2) is 25.0 Å². The fourth-order valence-electron chi connectivity index (χ4n) is 1.28. The average Bonchev–Trinajstić information content (AvgIpc) is 2.47. The Bertz CT molecular complexity index is 325. The molecule has 0 amide bonds. The monoisotopic (exact) mass is 210 g/mol. The van der Waals surface area contributed by atoms with Crippen LogP contribution in [0, 0.1) is 0 Å². The lowest BCUT2D eigenvalue weighted by atomic mass is 10.2. The van der Waals surface area contributed by atoms with E-state index in [0.717, 1.165) is 0 Å². The lowest BCUT2D eigenvalue weighted by Crippen LogP contribution is -2.00. The van der Waals surface area contributed by atoms with Crippen molar-refractivity contribution in [2.75, 3.05) is 13.2 Å². The molecule has 0 radical (unpaired) electrons. The van der Waals surface area contributed by atoms with Gasteiger partial charge in [-0.1, -0.05) is 0 Å². The van der Waals surface area contributed by atoms with Crippen LogP contribution in [0.2, 0.25) is 0 Å². The van der Waals surface area contributed by atoms with Crippen LogP contribution in [0.5, 0.6) is 0 Å². The van der Waals surface area contributed by atoms with Crippen LogP contribution < -0.4 is 0 Å². The summed E-state index contributed by atoms with van der Waals surface area (Å²) in [4.78, 5) is 21.9. The molecule has 0 fully saturated rings. The molecule has 0 aromatic heterocycles. The van der Waals surface area contributed by atoms with E-state index in [0.29, 0.717) is 24.4 Å². The molecule has 0 saturated heterocycles. The largest absolute Gasteiger partial charge is 0.498 e. The lowest BCUT2D eigenvalue weighted by Gasteiger charge is -2.01. The topological polar surface area (TPSA) is 52.6 Å². The smallest absolute Gasteiger partial charge is 0.302 e. The minimum atomic E-state index is -0.352. The van der Waals surface area contributed by atoms with Crippen molar-refractivity contribution in [3.63, 3.8) is 0 Å². The van der Waals surface area contributed by atoms with Crippen molar-refractivity contribution in [1.82, 2.24) is 0 Å². The molecule has 4 heteroatoms. The second-order valence-electron chi connectivity index (χ2n) is 3.12. The van der Waals surface area contributed by atoms with Gasteiger partial charge < -0.3 is 9.47 Å². The van der Waals surface area contributed by atoms with Crippen LogP contribution in [0.25, 0.3) is 0 Å². The normalized spacial score (nSPS) is 17.9. The van der Waals surface area contributed by atoms with Crippen molar-refractivity contribution in [2.24, 2.45) is 0 Å². The molecule has 0 unspecified atom stereocenters. The molecule has 0 atom stereocenters. The first-order valence-corrected chi connectivity index (χ1v) is 4.83. The summed E-state index contributed by atoms with van der Waals surface area (Å²) in [5, 5.41) is 0. The minimum Gasteiger partial charge on any atom is -0.498 e. The van der Waals surface area contributed by atoms with Crippen molar-refractivity contribution in [3.8, 4) is 0 Å². The SMILES string of the molecule is CCOC1=CC(=O)/C(=C/COC(C)=O)C1.